The molecule has 0 spiro atoms. The fourth-order valence-corrected chi connectivity index (χ4v) is 12.5. The Morgan fingerprint density at radius 3 is 0.727 bits per heavy atom. The summed E-state index contributed by atoms with van der Waals surface area (Å²) in [5.74, 6) is 3.49. The second kappa shape index (κ2) is 36.1. The van der Waals surface area contributed by atoms with Crippen LogP contribution in [0.25, 0.3) is 0 Å². The van der Waals surface area contributed by atoms with Crippen molar-refractivity contribution >= 4 is 34.1 Å². The number of aromatic hydroxyl groups is 10. The van der Waals surface area contributed by atoms with E-state index in [-0.39, 0.29) is 57.5 Å². The fraction of sp³-hybridized carbons (Fsp3) is 0.0968. The van der Waals surface area contributed by atoms with Gasteiger partial charge in [-0.2, -0.15) is 0 Å². The van der Waals surface area contributed by atoms with E-state index in [2.05, 4.69) is 24.3 Å². The summed E-state index contributed by atoms with van der Waals surface area (Å²) in [7, 11) is 0. The standard InChI is InChI=1S/C27H26N2O2.C26H24N2O3.2C20H19NO3/c28-26-11-5-20(16-22(26)14-18-1-7-24(30)8-2-18)13-21-6-12-27(29)23(17-21)15-19-3-9-25(31)10-4-19;27-25-11-9-23(15-19(25)13-17-1-5-21(29)6-2-17)31-24-10-12-26(28)20(16-24)14-18-3-7-22(30)8-4-18;21-19-15(11-13-1-7-17(22)8-2-13)5-6-16(20(19)24)12-14-3-9-18(23)10-4-14;21-20-15(11-13-1-6-16(22)7-2-13)5-10-19(24)18(20)12-14-3-8-17(23)9-4-14/h1-12,16-17,30-31H,13-15,28-29H2;1-12,15-16,29-30H,13-14,27-28H2;2*1-10,22-24H,11-12,21H2. The Hall–Kier alpha value is -14.3. The molecule has 0 aliphatic carbocycles. The first-order valence-corrected chi connectivity index (χ1v) is 35.6. The minimum Gasteiger partial charge on any atom is -0.508 e. The Kier molecular flexibility index (Phi) is 25.2. The van der Waals surface area contributed by atoms with E-state index >= 15 is 0 Å². The number of hydrogen-bond acceptors (Lipinski definition) is 17. The van der Waals surface area contributed by atoms with Gasteiger partial charge in [-0.3, -0.25) is 0 Å². The summed E-state index contributed by atoms with van der Waals surface area (Å²) in [6, 6.07) is 87.0. The summed E-state index contributed by atoms with van der Waals surface area (Å²) in [5.41, 5.74) is 58.8. The third kappa shape index (κ3) is 21.9. The van der Waals surface area contributed by atoms with E-state index in [4.69, 9.17) is 39.1 Å². The summed E-state index contributed by atoms with van der Waals surface area (Å²) in [5, 5.41) is 95.9. The molecule has 0 saturated carbocycles. The van der Waals surface area contributed by atoms with Crippen molar-refractivity contribution in [3.8, 4) is 69.0 Å². The summed E-state index contributed by atoms with van der Waals surface area (Å²) in [6.07, 6.45) is 5.72. The van der Waals surface area contributed by atoms with Gasteiger partial charge in [0.25, 0.3) is 0 Å². The van der Waals surface area contributed by atoms with Crippen molar-refractivity contribution in [3.63, 3.8) is 0 Å². The molecule has 0 unspecified atom stereocenters. The van der Waals surface area contributed by atoms with Crippen molar-refractivity contribution < 1.29 is 55.8 Å². The number of phenols is 10. The SMILES string of the molecule is Nc1c(Cc2ccc(O)cc2)ccc(Cc2ccc(O)cc2)c1O.Nc1c(Cc2ccc(O)cc2)ccc(O)c1Cc1ccc(O)cc1.Nc1ccc(Cc2ccc(N)c(Cc3ccc(O)cc3)c2)cc1Cc1ccc(O)cc1.Nc1ccc(Oc2ccc(N)c(Cc3ccc(O)cc3)c2)cc1Cc1ccc(O)cc1. The highest BCUT2D eigenvalue weighted by Gasteiger charge is 2.16. The Bertz CT molecular complexity index is 4940. The van der Waals surface area contributed by atoms with Crippen LogP contribution in [0.15, 0.2) is 291 Å². The quantitative estimate of drug-likeness (QED) is 0.0249. The first-order valence-electron chi connectivity index (χ1n) is 35.6. The zero-order valence-corrected chi connectivity index (χ0v) is 60.4. The molecule has 0 heterocycles. The molecule has 0 aromatic heterocycles. The Morgan fingerprint density at radius 1 is 0.191 bits per heavy atom. The lowest BCUT2D eigenvalue weighted by Crippen LogP contribution is -2.02. The van der Waals surface area contributed by atoms with Gasteiger partial charge in [0, 0.05) is 52.4 Å². The number of rotatable bonds is 20. The van der Waals surface area contributed by atoms with Gasteiger partial charge in [0.2, 0.25) is 0 Å². The fourth-order valence-electron chi connectivity index (χ4n) is 12.5. The maximum absolute atomic E-state index is 10.4. The predicted molar refractivity (Wildman–Crippen MR) is 439 cm³/mol. The molecular formula is C93H88N6O11. The maximum atomic E-state index is 10.4. The van der Waals surface area contributed by atoms with E-state index in [0.29, 0.717) is 91.2 Å². The topological polar surface area (TPSA) is 368 Å². The first kappa shape index (κ1) is 76.8. The molecule has 14 aromatic carbocycles. The van der Waals surface area contributed by atoms with Crippen LogP contribution in [-0.2, 0) is 57.8 Å². The van der Waals surface area contributed by atoms with Crippen LogP contribution in [0.5, 0.6) is 69.0 Å². The third-order valence-electron chi connectivity index (χ3n) is 18.7. The zero-order chi connectivity index (χ0) is 77.8. The average molecular weight is 1470 g/mol. The predicted octanol–water partition coefficient (Wildman–Crippen LogP) is 17.4. The van der Waals surface area contributed by atoms with Gasteiger partial charge >= 0.3 is 0 Å². The van der Waals surface area contributed by atoms with Crippen LogP contribution in [0.3, 0.4) is 0 Å². The molecule has 110 heavy (non-hydrogen) atoms. The third-order valence-corrected chi connectivity index (χ3v) is 18.7. The zero-order valence-electron chi connectivity index (χ0n) is 60.4. The molecule has 14 rings (SSSR count). The van der Waals surface area contributed by atoms with E-state index < -0.39 is 0 Å². The van der Waals surface area contributed by atoms with Crippen molar-refractivity contribution in [2.75, 3.05) is 34.4 Å². The molecule has 556 valence electrons. The van der Waals surface area contributed by atoms with E-state index in [1.54, 1.807) is 115 Å². The van der Waals surface area contributed by atoms with Crippen LogP contribution < -0.4 is 39.1 Å². The largest absolute Gasteiger partial charge is 0.508 e. The van der Waals surface area contributed by atoms with Crippen molar-refractivity contribution in [3.05, 3.63) is 391 Å². The van der Waals surface area contributed by atoms with Gasteiger partial charge in [0.05, 0.1) is 5.69 Å². The Morgan fingerprint density at radius 2 is 0.418 bits per heavy atom. The van der Waals surface area contributed by atoms with Gasteiger partial charge < -0.3 is 90.2 Å². The van der Waals surface area contributed by atoms with Crippen molar-refractivity contribution in [2.24, 2.45) is 0 Å². The molecule has 22 N–H and O–H groups in total. The summed E-state index contributed by atoms with van der Waals surface area (Å²) < 4.78 is 6.09. The molecule has 0 aliphatic heterocycles. The molecule has 0 radical (unpaired) electrons. The highest BCUT2D eigenvalue weighted by molar-refractivity contribution is 5.65. The number of hydrogen-bond donors (Lipinski definition) is 16. The molecule has 0 amide bonds. The molecule has 17 heteroatoms. The first-order chi connectivity index (χ1) is 53.0. The minimum absolute atomic E-state index is 0.0966. The van der Waals surface area contributed by atoms with E-state index in [9.17, 15) is 51.1 Å². The molecule has 0 aliphatic rings. The number of phenolic OH excluding ortho intramolecular Hbond substituents is 10. The van der Waals surface area contributed by atoms with Crippen molar-refractivity contribution in [1.82, 2.24) is 0 Å². The number of nitrogens with two attached hydrogens (primary N) is 6. The van der Waals surface area contributed by atoms with Crippen LogP contribution in [0.1, 0.15) is 100 Å². The average Bonchev–Trinajstić information content (AvgIpc) is 0.835. The second-order valence-electron chi connectivity index (χ2n) is 27.1. The lowest BCUT2D eigenvalue weighted by Gasteiger charge is -2.13. The lowest BCUT2D eigenvalue weighted by atomic mass is 9.95. The monoisotopic (exact) mass is 1460 g/mol. The Balaban J connectivity index is 0.000000147. The summed E-state index contributed by atoms with van der Waals surface area (Å²) in [6.45, 7) is 0. The number of benzene rings is 14. The number of anilines is 6. The molecule has 0 atom stereocenters. The lowest BCUT2D eigenvalue weighted by molar-refractivity contribution is 0.469. The second-order valence-corrected chi connectivity index (χ2v) is 27.1. The minimum atomic E-state index is 0.0966. The van der Waals surface area contributed by atoms with Crippen LogP contribution in [0, 0.1) is 0 Å². The van der Waals surface area contributed by atoms with Crippen molar-refractivity contribution in [1.29, 1.82) is 0 Å². The highest BCUT2D eigenvalue weighted by Crippen LogP contribution is 2.36. The van der Waals surface area contributed by atoms with Crippen molar-refractivity contribution in [2.45, 2.75) is 57.8 Å². The van der Waals surface area contributed by atoms with Gasteiger partial charge in [-0.15, -0.1) is 0 Å². The van der Waals surface area contributed by atoms with E-state index in [0.717, 1.165) is 101 Å². The molecule has 0 bridgehead atoms. The van der Waals surface area contributed by atoms with Gasteiger partial charge in [-0.05, 0) is 286 Å². The summed E-state index contributed by atoms with van der Waals surface area (Å²) >= 11 is 0. The normalized spacial score (nSPS) is 10.7. The van der Waals surface area contributed by atoms with Crippen LogP contribution >= 0.6 is 0 Å². The molecule has 0 saturated heterocycles. The van der Waals surface area contributed by atoms with Gasteiger partial charge in [-0.1, -0.05) is 140 Å². The van der Waals surface area contributed by atoms with Crippen LogP contribution in [-0.4, -0.2) is 51.1 Å². The van der Waals surface area contributed by atoms with Gasteiger partial charge in [-0.25, -0.2) is 0 Å². The smallest absolute Gasteiger partial charge is 0.142 e. The number of nitrogen functional groups attached to an aromatic ring is 6. The van der Waals surface area contributed by atoms with Crippen LogP contribution in [0.4, 0.5) is 34.1 Å². The molecule has 14 aromatic rings. The Labute approximate surface area is 639 Å². The van der Waals surface area contributed by atoms with Gasteiger partial charge in [0.1, 0.15) is 69.0 Å². The number of ether oxygens (including phenoxy) is 1. The molecule has 17 nitrogen and oxygen atoms in total. The molecular weight excluding hydrogens is 1380 g/mol. The van der Waals surface area contributed by atoms with Crippen LogP contribution in [0.2, 0.25) is 0 Å². The molecule has 0 fully saturated rings. The van der Waals surface area contributed by atoms with E-state index in [1.807, 2.05) is 152 Å². The highest BCUT2D eigenvalue weighted by atomic mass is 16.5. The van der Waals surface area contributed by atoms with Gasteiger partial charge in [0.15, 0.2) is 0 Å². The van der Waals surface area contributed by atoms with E-state index in [1.165, 1.54) is 11.1 Å². The maximum Gasteiger partial charge on any atom is 0.142 e. The summed E-state index contributed by atoms with van der Waals surface area (Å²) in [4.78, 5) is 0.